The third-order valence-electron chi connectivity index (χ3n) is 3.57. The van der Waals surface area contributed by atoms with Crippen LogP contribution >= 0.6 is 24.0 Å². The molecule has 0 aliphatic heterocycles. The monoisotopic (exact) mass is 462 g/mol. The van der Waals surface area contributed by atoms with Crippen LogP contribution in [0.15, 0.2) is 35.3 Å². The molecule has 0 aromatic heterocycles. The number of aliphatic imine (C=N–C) groups is 1. The average Bonchev–Trinajstić information content (AvgIpc) is 2.59. The lowest BCUT2D eigenvalue weighted by atomic mass is 10.2. The fourth-order valence-corrected chi connectivity index (χ4v) is 2.37. The number of hydrogen-bond donors (Lipinski definition) is 2. The van der Waals surface area contributed by atoms with Crippen molar-refractivity contribution >= 4 is 29.9 Å². The third-order valence-corrected chi connectivity index (χ3v) is 3.57. The number of hydrogen-bond acceptors (Lipinski definition) is 3. The predicted octanol–water partition coefficient (Wildman–Crippen LogP) is 3.11. The molecule has 0 aliphatic carbocycles. The molecule has 1 aromatic carbocycles. The van der Waals surface area contributed by atoms with Crippen molar-refractivity contribution < 1.29 is 4.74 Å². The van der Waals surface area contributed by atoms with Crippen molar-refractivity contribution in [1.29, 1.82) is 0 Å². The fourth-order valence-electron chi connectivity index (χ4n) is 2.37. The lowest BCUT2D eigenvalue weighted by Gasteiger charge is -2.17. The molecular weight excluding hydrogens is 427 g/mol. The summed E-state index contributed by atoms with van der Waals surface area (Å²) < 4.78 is 5.33. The van der Waals surface area contributed by atoms with Crippen LogP contribution in [0.5, 0.6) is 0 Å². The molecule has 0 atom stereocenters. The molecule has 0 saturated heterocycles. The SMILES string of the molecule is CCNC(=NCCCOCC)NCCCN(C)Cc1ccccc1.I. The van der Waals surface area contributed by atoms with Crippen molar-refractivity contribution in [3.63, 3.8) is 0 Å². The first-order chi connectivity index (χ1) is 11.8. The Balaban J connectivity index is 0.00000576. The molecule has 25 heavy (non-hydrogen) atoms. The number of ether oxygens (including phenoxy) is 1. The van der Waals surface area contributed by atoms with Crippen molar-refractivity contribution in [1.82, 2.24) is 15.5 Å². The number of nitrogens with zero attached hydrogens (tertiary/aromatic N) is 2. The third kappa shape index (κ3) is 13.1. The maximum Gasteiger partial charge on any atom is 0.191 e. The van der Waals surface area contributed by atoms with Crippen molar-refractivity contribution in [3.05, 3.63) is 35.9 Å². The van der Waals surface area contributed by atoms with E-state index in [1.807, 2.05) is 6.92 Å². The van der Waals surface area contributed by atoms with Gasteiger partial charge in [0.1, 0.15) is 0 Å². The predicted molar refractivity (Wildman–Crippen MR) is 118 cm³/mol. The van der Waals surface area contributed by atoms with Gasteiger partial charge in [0.25, 0.3) is 0 Å². The van der Waals surface area contributed by atoms with Gasteiger partial charge >= 0.3 is 0 Å². The molecule has 0 heterocycles. The van der Waals surface area contributed by atoms with E-state index >= 15 is 0 Å². The number of halogens is 1. The van der Waals surface area contributed by atoms with Gasteiger partial charge in [-0.25, -0.2) is 0 Å². The minimum Gasteiger partial charge on any atom is -0.382 e. The molecule has 0 bridgehead atoms. The summed E-state index contributed by atoms with van der Waals surface area (Å²) in [6, 6.07) is 10.6. The first-order valence-corrected chi connectivity index (χ1v) is 9.08. The smallest absolute Gasteiger partial charge is 0.191 e. The van der Waals surface area contributed by atoms with Crippen LogP contribution in [0.2, 0.25) is 0 Å². The molecule has 6 heteroatoms. The summed E-state index contributed by atoms with van der Waals surface area (Å²) in [5, 5.41) is 6.69. The number of benzene rings is 1. The van der Waals surface area contributed by atoms with Crippen molar-refractivity contribution in [2.75, 3.05) is 46.4 Å². The summed E-state index contributed by atoms with van der Waals surface area (Å²) in [5.41, 5.74) is 1.36. The fraction of sp³-hybridized carbons (Fsp3) is 0.632. The second-order valence-corrected chi connectivity index (χ2v) is 5.81. The van der Waals surface area contributed by atoms with E-state index in [0.717, 1.165) is 64.7 Å². The van der Waals surface area contributed by atoms with E-state index in [1.54, 1.807) is 0 Å². The Morgan fingerprint density at radius 3 is 2.56 bits per heavy atom. The topological polar surface area (TPSA) is 48.9 Å². The zero-order valence-corrected chi connectivity index (χ0v) is 18.3. The normalized spacial score (nSPS) is 11.3. The zero-order valence-electron chi connectivity index (χ0n) is 16.0. The van der Waals surface area contributed by atoms with Gasteiger partial charge in [-0.15, -0.1) is 24.0 Å². The first kappa shape index (κ1) is 24.1. The Labute approximate surface area is 170 Å². The molecule has 0 radical (unpaired) electrons. The van der Waals surface area contributed by atoms with Gasteiger partial charge in [-0.1, -0.05) is 30.3 Å². The van der Waals surface area contributed by atoms with E-state index in [1.165, 1.54) is 5.56 Å². The van der Waals surface area contributed by atoms with Crippen LogP contribution in [0.4, 0.5) is 0 Å². The standard InChI is InChI=1S/C19H34N4O.HI/c1-4-20-19(22-14-10-16-24-5-2)21-13-9-15-23(3)17-18-11-7-6-8-12-18;/h6-8,11-12H,4-5,9-10,13-17H2,1-3H3,(H2,20,21,22);1H. The van der Waals surface area contributed by atoms with Crippen LogP contribution in [0.3, 0.4) is 0 Å². The molecule has 1 aromatic rings. The Morgan fingerprint density at radius 2 is 1.88 bits per heavy atom. The summed E-state index contributed by atoms with van der Waals surface area (Å²) >= 11 is 0. The van der Waals surface area contributed by atoms with Gasteiger partial charge in [-0.2, -0.15) is 0 Å². The van der Waals surface area contributed by atoms with E-state index in [4.69, 9.17) is 4.74 Å². The van der Waals surface area contributed by atoms with Crippen molar-refractivity contribution in [3.8, 4) is 0 Å². The minimum absolute atomic E-state index is 0. The van der Waals surface area contributed by atoms with Gasteiger partial charge in [0.2, 0.25) is 0 Å². The van der Waals surface area contributed by atoms with Gasteiger partial charge < -0.3 is 20.3 Å². The van der Waals surface area contributed by atoms with Crippen LogP contribution in [-0.2, 0) is 11.3 Å². The summed E-state index contributed by atoms with van der Waals surface area (Å²) in [4.78, 5) is 6.92. The van der Waals surface area contributed by atoms with E-state index < -0.39 is 0 Å². The highest BCUT2D eigenvalue weighted by molar-refractivity contribution is 14.0. The largest absolute Gasteiger partial charge is 0.382 e. The molecule has 0 saturated carbocycles. The van der Waals surface area contributed by atoms with Crippen LogP contribution in [0, 0.1) is 0 Å². The van der Waals surface area contributed by atoms with Gasteiger partial charge in [0.05, 0.1) is 0 Å². The molecule has 144 valence electrons. The first-order valence-electron chi connectivity index (χ1n) is 9.08. The highest BCUT2D eigenvalue weighted by Crippen LogP contribution is 2.02. The van der Waals surface area contributed by atoms with E-state index in [9.17, 15) is 0 Å². The molecule has 1 rings (SSSR count). The summed E-state index contributed by atoms with van der Waals surface area (Å²) in [5.74, 6) is 0.903. The number of guanidine groups is 1. The quantitative estimate of drug-likeness (QED) is 0.217. The maximum absolute atomic E-state index is 5.33. The Hall–Kier alpha value is -0.860. The van der Waals surface area contributed by atoms with Gasteiger partial charge in [0, 0.05) is 39.4 Å². The van der Waals surface area contributed by atoms with E-state index in [0.29, 0.717) is 0 Å². The van der Waals surface area contributed by atoms with Gasteiger partial charge in [-0.05, 0) is 45.8 Å². The highest BCUT2D eigenvalue weighted by Gasteiger charge is 2.01. The molecule has 0 unspecified atom stereocenters. The second-order valence-electron chi connectivity index (χ2n) is 5.81. The van der Waals surface area contributed by atoms with Gasteiger partial charge in [-0.3, -0.25) is 4.99 Å². The molecule has 0 fully saturated rings. The van der Waals surface area contributed by atoms with Gasteiger partial charge in [0.15, 0.2) is 5.96 Å². The Kier molecular flexibility index (Phi) is 16.0. The summed E-state index contributed by atoms with van der Waals surface area (Å²) in [6.07, 6.45) is 2.05. The highest BCUT2D eigenvalue weighted by atomic mass is 127. The second kappa shape index (κ2) is 16.6. The lowest BCUT2D eigenvalue weighted by molar-refractivity contribution is 0.146. The summed E-state index contributed by atoms with van der Waals surface area (Å²) in [7, 11) is 2.17. The van der Waals surface area contributed by atoms with E-state index in [2.05, 4.69) is 64.8 Å². The number of nitrogens with one attached hydrogen (secondary N) is 2. The molecule has 0 amide bonds. The Bertz CT molecular complexity index is 442. The van der Waals surface area contributed by atoms with Crippen molar-refractivity contribution in [2.24, 2.45) is 4.99 Å². The number of rotatable bonds is 12. The average molecular weight is 462 g/mol. The molecular formula is C19H35IN4O. The molecule has 2 N–H and O–H groups in total. The van der Waals surface area contributed by atoms with Crippen LogP contribution in [0.1, 0.15) is 32.3 Å². The summed E-state index contributed by atoms with van der Waals surface area (Å²) in [6.45, 7) is 10.3. The van der Waals surface area contributed by atoms with Crippen LogP contribution < -0.4 is 10.6 Å². The maximum atomic E-state index is 5.33. The lowest BCUT2D eigenvalue weighted by Crippen LogP contribution is -2.38. The van der Waals surface area contributed by atoms with Crippen LogP contribution in [0.25, 0.3) is 0 Å². The molecule has 0 aliphatic rings. The molecule has 0 spiro atoms. The zero-order chi connectivity index (χ0) is 17.5. The Morgan fingerprint density at radius 1 is 1.12 bits per heavy atom. The van der Waals surface area contributed by atoms with Crippen LogP contribution in [-0.4, -0.2) is 57.3 Å². The minimum atomic E-state index is 0. The molecule has 5 nitrogen and oxygen atoms in total. The van der Waals surface area contributed by atoms with Crippen molar-refractivity contribution in [2.45, 2.75) is 33.2 Å². The van der Waals surface area contributed by atoms with E-state index in [-0.39, 0.29) is 24.0 Å².